The molecule has 0 aliphatic heterocycles. The molecule has 0 radical (unpaired) electrons. The van der Waals surface area contributed by atoms with Crippen LogP contribution in [0.1, 0.15) is 34.6 Å². The van der Waals surface area contributed by atoms with Crippen LogP contribution in [0.3, 0.4) is 0 Å². The van der Waals surface area contributed by atoms with Crippen molar-refractivity contribution in [3.63, 3.8) is 0 Å². The van der Waals surface area contributed by atoms with Crippen LogP contribution in [0, 0.1) is 0 Å². The molecule has 22 heavy (non-hydrogen) atoms. The molecule has 0 fully saturated rings. The van der Waals surface area contributed by atoms with E-state index in [0.29, 0.717) is 0 Å². The maximum atomic E-state index is 11.5. The van der Waals surface area contributed by atoms with Crippen molar-refractivity contribution in [1.29, 1.82) is 0 Å². The van der Waals surface area contributed by atoms with Crippen LogP contribution < -0.4 is 4.90 Å². The van der Waals surface area contributed by atoms with Crippen molar-refractivity contribution in [1.82, 2.24) is 0 Å². The standard InChI is InChI=1S/C17H17NO4/c1-11(2)18(12-7-4-3-5-8-12)15-13(16(19)20)9-6-10-14(15)17(21)22/h3-11H,1-2H3,(H,19,20)(H,21,22). The third kappa shape index (κ3) is 2.93. The minimum atomic E-state index is -1.15. The predicted octanol–water partition coefficient (Wildman–Crippen LogP) is 3.63. The fourth-order valence-corrected chi connectivity index (χ4v) is 2.42. The smallest absolute Gasteiger partial charge is 0.337 e. The van der Waals surface area contributed by atoms with E-state index in [0.717, 1.165) is 5.69 Å². The molecule has 0 saturated carbocycles. The van der Waals surface area contributed by atoms with Gasteiger partial charge in [0.15, 0.2) is 0 Å². The first-order valence-electron chi connectivity index (χ1n) is 6.87. The molecule has 5 nitrogen and oxygen atoms in total. The molecule has 0 amide bonds. The quantitative estimate of drug-likeness (QED) is 0.881. The maximum Gasteiger partial charge on any atom is 0.337 e. The molecule has 2 N–H and O–H groups in total. The van der Waals surface area contributed by atoms with Crippen LogP contribution in [0.25, 0.3) is 0 Å². The number of rotatable bonds is 5. The van der Waals surface area contributed by atoms with Gasteiger partial charge in [-0.1, -0.05) is 24.3 Å². The van der Waals surface area contributed by atoms with E-state index in [-0.39, 0.29) is 22.9 Å². The Morgan fingerprint density at radius 1 is 0.864 bits per heavy atom. The molecule has 0 unspecified atom stereocenters. The lowest BCUT2D eigenvalue weighted by Crippen LogP contribution is -2.29. The molecule has 0 heterocycles. The van der Waals surface area contributed by atoms with E-state index in [1.165, 1.54) is 18.2 Å². The van der Waals surface area contributed by atoms with Gasteiger partial charge in [0.2, 0.25) is 0 Å². The third-order valence-corrected chi connectivity index (χ3v) is 3.29. The fourth-order valence-electron chi connectivity index (χ4n) is 2.42. The molecule has 114 valence electrons. The second-order valence-corrected chi connectivity index (χ2v) is 5.11. The van der Waals surface area contributed by atoms with E-state index in [1.54, 1.807) is 4.90 Å². The van der Waals surface area contributed by atoms with E-state index in [9.17, 15) is 19.8 Å². The summed E-state index contributed by atoms with van der Waals surface area (Å²) in [4.78, 5) is 24.8. The molecule has 0 spiro atoms. The Labute approximate surface area is 128 Å². The predicted molar refractivity (Wildman–Crippen MR) is 84.1 cm³/mol. The number of hydrogen-bond acceptors (Lipinski definition) is 3. The SMILES string of the molecule is CC(C)N(c1ccccc1)c1c(C(=O)O)cccc1C(=O)O. The van der Waals surface area contributed by atoms with Crippen molar-refractivity contribution in [2.24, 2.45) is 0 Å². The third-order valence-electron chi connectivity index (χ3n) is 3.29. The second kappa shape index (κ2) is 6.30. The average molecular weight is 299 g/mol. The largest absolute Gasteiger partial charge is 0.478 e. The van der Waals surface area contributed by atoms with Crippen LogP contribution in [-0.2, 0) is 0 Å². The van der Waals surface area contributed by atoms with Gasteiger partial charge in [-0.3, -0.25) is 0 Å². The molecule has 0 aliphatic rings. The maximum absolute atomic E-state index is 11.5. The summed E-state index contributed by atoms with van der Waals surface area (Å²) in [6, 6.07) is 13.3. The minimum absolute atomic E-state index is 0.0301. The number of benzene rings is 2. The summed E-state index contributed by atoms with van der Waals surface area (Å²) in [6.45, 7) is 3.77. The molecule has 2 aromatic carbocycles. The average Bonchev–Trinajstić information content (AvgIpc) is 2.48. The molecule has 0 atom stereocenters. The van der Waals surface area contributed by atoms with Gasteiger partial charge in [0, 0.05) is 11.7 Å². The molecular formula is C17H17NO4. The van der Waals surface area contributed by atoms with Crippen LogP contribution in [0.2, 0.25) is 0 Å². The van der Waals surface area contributed by atoms with Crippen molar-refractivity contribution in [2.45, 2.75) is 19.9 Å². The Morgan fingerprint density at radius 3 is 1.77 bits per heavy atom. The van der Waals surface area contributed by atoms with Gasteiger partial charge in [0.25, 0.3) is 0 Å². The van der Waals surface area contributed by atoms with E-state index in [2.05, 4.69) is 0 Å². The number of aromatic carboxylic acids is 2. The normalized spacial score (nSPS) is 10.5. The summed E-state index contributed by atoms with van der Waals surface area (Å²) in [5.41, 5.74) is 0.882. The van der Waals surface area contributed by atoms with E-state index in [4.69, 9.17) is 0 Å². The number of hydrogen-bond donors (Lipinski definition) is 2. The lowest BCUT2D eigenvalue weighted by atomic mass is 10.0. The second-order valence-electron chi connectivity index (χ2n) is 5.11. The molecule has 2 rings (SSSR count). The Bertz CT molecular complexity index is 663. The summed E-state index contributed by atoms with van der Waals surface area (Å²) >= 11 is 0. The van der Waals surface area contributed by atoms with Gasteiger partial charge in [0.05, 0.1) is 16.8 Å². The monoisotopic (exact) mass is 299 g/mol. The minimum Gasteiger partial charge on any atom is -0.478 e. The zero-order chi connectivity index (χ0) is 16.3. The molecule has 2 aromatic rings. The lowest BCUT2D eigenvalue weighted by Gasteiger charge is -2.31. The van der Waals surface area contributed by atoms with Gasteiger partial charge in [-0.25, -0.2) is 9.59 Å². The van der Waals surface area contributed by atoms with Gasteiger partial charge in [-0.2, -0.15) is 0 Å². The molecular weight excluding hydrogens is 282 g/mol. The van der Waals surface area contributed by atoms with Gasteiger partial charge >= 0.3 is 11.9 Å². The summed E-state index contributed by atoms with van der Waals surface area (Å²) in [7, 11) is 0. The Morgan fingerprint density at radius 2 is 1.36 bits per heavy atom. The van der Waals surface area contributed by atoms with Crippen LogP contribution in [0.5, 0.6) is 0 Å². The number of anilines is 2. The summed E-state index contributed by atoms with van der Waals surface area (Å²) in [6.07, 6.45) is 0. The highest BCUT2D eigenvalue weighted by atomic mass is 16.4. The van der Waals surface area contributed by atoms with Crippen molar-refractivity contribution >= 4 is 23.3 Å². The van der Waals surface area contributed by atoms with Crippen molar-refractivity contribution in [3.05, 3.63) is 59.7 Å². The van der Waals surface area contributed by atoms with Crippen molar-refractivity contribution in [2.75, 3.05) is 4.90 Å². The summed E-state index contributed by atoms with van der Waals surface area (Å²) in [5.74, 6) is -2.31. The Kier molecular flexibility index (Phi) is 4.46. The van der Waals surface area contributed by atoms with Crippen LogP contribution in [-0.4, -0.2) is 28.2 Å². The fraction of sp³-hybridized carbons (Fsp3) is 0.176. The van der Waals surface area contributed by atoms with Crippen molar-refractivity contribution in [3.8, 4) is 0 Å². The summed E-state index contributed by atoms with van der Waals surface area (Å²) < 4.78 is 0. The van der Waals surface area contributed by atoms with Gasteiger partial charge in [0.1, 0.15) is 0 Å². The zero-order valence-corrected chi connectivity index (χ0v) is 12.4. The first-order valence-corrected chi connectivity index (χ1v) is 6.87. The number of carbonyl (C=O) groups is 2. The topological polar surface area (TPSA) is 77.8 Å². The molecule has 5 heteroatoms. The number of para-hydroxylation sites is 2. The van der Waals surface area contributed by atoms with E-state index in [1.807, 2.05) is 44.2 Å². The number of carboxylic acids is 2. The van der Waals surface area contributed by atoms with Crippen molar-refractivity contribution < 1.29 is 19.8 Å². The van der Waals surface area contributed by atoms with E-state index >= 15 is 0 Å². The first kappa shape index (κ1) is 15.6. The summed E-state index contributed by atoms with van der Waals surface area (Å²) in [5, 5.41) is 18.9. The highest BCUT2D eigenvalue weighted by Crippen LogP contribution is 2.34. The van der Waals surface area contributed by atoms with Gasteiger partial charge < -0.3 is 15.1 Å². The molecule has 0 bridgehead atoms. The Hall–Kier alpha value is -2.82. The van der Waals surface area contributed by atoms with Gasteiger partial charge in [-0.15, -0.1) is 0 Å². The van der Waals surface area contributed by atoms with Crippen LogP contribution >= 0.6 is 0 Å². The van der Waals surface area contributed by atoms with Crippen LogP contribution in [0.4, 0.5) is 11.4 Å². The number of nitrogens with zero attached hydrogens (tertiary/aromatic N) is 1. The van der Waals surface area contributed by atoms with Crippen LogP contribution in [0.15, 0.2) is 48.5 Å². The van der Waals surface area contributed by atoms with Gasteiger partial charge in [-0.05, 0) is 38.1 Å². The molecule has 0 aromatic heterocycles. The zero-order valence-electron chi connectivity index (χ0n) is 12.4. The highest BCUT2D eigenvalue weighted by molar-refractivity contribution is 6.04. The highest BCUT2D eigenvalue weighted by Gasteiger charge is 2.25. The number of carboxylic acid groups (broad SMARTS) is 2. The molecule has 0 saturated heterocycles. The molecule has 0 aliphatic carbocycles. The lowest BCUT2D eigenvalue weighted by molar-refractivity contribution is 0.0696. The van der Waals surface area contributed by atoms with E-state index < -0.39 is 11.9 Å². The Balaban J connectivity index is 2.76. The first-order chi connectivity index (χ1) is 10.4.